The molecule has 1 aromatic rings. The van der Waals surface area contributed by atoms with Crippen LogP contribution in [0.5, 0.6) is 0 Å². The quantitative estimate of drug-likeness (QED) is 0.296. The molecule has 1 atom stereocenters. The number of nitrogens with zero attached hydrogens (tertiary/aromatic N) is 1. The Labute approximate surface area is 193 Å². The van der Waals surface area contributed by atoms with Gasteiger partial charge >= 0.3 is 5.97 Å². The largest absolute Gasteiger partial charge is 0.461 e. The fourth-order valence-corrected chi connectivity index (χ4v) is 4.01. The molecule has 0 bridgehead atoms. The van der Waals surface area contributed by atoms with Crippen molar-refractivity contribution in [1.29, 1.82) is 0 Å². The maximum atomic E-state index is 13.0. The minimum atomic E-state index is -0.652. The highest BCUT2D eigenvalue weighted by atomic mass is 35.5. The zero-order valence-electron chi connectivity index (χ0n) is 18.3. The first-order valence-electron chi connectivity index (χ1n) is 11.0. The van der Waals surface area contributed by atoms with Crippen LogP contribution >= 0.6 is 11.6 Å². The minimum absolute atomic E-state index is 0.0821. The molecule has 0 aliphatic heterocycles. The first kappa shape index (κ1) is 25.6. The molecule has 0 radical (unpaired) electrons. The third-order valence-corrected chi connectivity index (χ3v) is 5.84. The number of carbonyl (C=O) groups excluding carboxylic acids is 4. The number of carbonyl (C=O) groups is 4. The summed E-state index contributed by atoms with van der Waals surface area (Å²) in [5.41, 5.74) is 8.56. The van der Waals surface area contributed by atoms with Crippen LogP contribution in [-0.2, 0) is 30.5 Å². The van der Waals surface area contributed by atoms with Crippen LogP contribution in [0.3, 0.4) is 0 Å². The molecule has 0 heterocycles. The third-order valence-electron chi connectivity index (χ3n) is 5.61. The van der Waals surface area contributed by atoms with Gasteiger partial charge in [-0.15, -0.1) is 11.6 Å². The van der Waals surface area contributed by atoms with Gasteiger partial charge in [-0.05, 0) is 17.9 Å². The number of amides is 3. The van der Waals surface area contributed by atoms with Gasteiger partial charge in [-0.2, -0.15) is 0 Å². The second-order valence-electron chi connectivity index (χ2n) is 8.16. The predicted molar refractivity (Wildman–Crippen MR) is 120 cm³/mol. The van der Waals surface area contributed by atoms with Crippen LogP contribution in [0.2, 0.25) is 0 Å². The number of esters is 1. The molecular weight excluding hydrogens is 434 g/mol. The van der Waals surface area contributed by atoms with Gasteiger partial charge in [-0.1, -0.05) is 62.4 Å². The van der Waals surface area contributed by atoms with E-state index in [4.69, 9.17) is 22.1 Å². The normalized spacial score (nSPS) is 14.9. The zero-order chi connectivity index (χ0) is 23.3. The molecule has 1 aliphatic carbocycles. The van der Waals surface area contributed by atoms with E-state index in [1.54, 1.807) is 0 Å². The maximum absolute atomic E-state index is 13.0. The van der Waals surface area contributed by atoms with Gasteiger partial charge in [0, 0.05) is 6.42 Å². The molecule has 2 rings (SSSR count). The van der Waals surface area contributed by atoms with E-state index in [0.29, 0.717) is 12.3 Å². The van der Waals surface area contributed by atoms with Crippen molar-refractivity contribution in [2.75, 3.05) is 12.4 Å². The van der Waals surface area contributed by atoms with Gasteiger partial charge in [0.1, 0.15) is 12.5 Å². The molecule has 0 aromatic heterocycles. The molecule has 0 saturated heterocycles. The lowest BCUT2D eigenvalue weighted by molar-refractivity contribution is -0.150. The van der Waals surface area contributed by atoms with Crippen molar-refractivity contribution in [2.45, 2.75) is 58.0 Å². The Hall–Kier alpha value is -2.61. The van der Waals surface area contributed by atoms with Crippen LogP contribution in [0, 0.1) is 11.8 Å². The second kappa shape index (κ2) is 13.7. The first-order chi connectivity index (χ1) is 15.4. The summed E-state index contributed by atoms with van der Waals surface area (Å²) in [4.78, 5) is 48.7. The summed E-state index contributed by atoms with van der Waals surface area (Å²) in [6, 6.07) is 9.30. The highest BCUT2D eigenvalue weighted by Crippen LogP contribution is 2.30. The molecule has 9 heteroatoms. The van der Waals surface area contributed by atoms with Crippen molar-refractivity contribution < 1.29 is 23.9 Å². The number of ether oxygens (including phenoxy) is 1. The van der Waals surface area contributed by atoms with E-state index in [1.165, 1.54) is 6.42 Å². The fourth-order valence-electron chi connectivity index (χ4n) is 3.87. The van der Waals surface area contributed by atoms with E-state index in [9.17, 15) is 19.2 Å². The van der Waals surface area contributed by atoms with E-state index in [-0.39, 0.29) is 31.9 Å². The minimum Gasteiger partial charge on any atom is -0.461 e. The summed E-state index contributed by atoms with van der Waals surface area (Å²) in [6.45, 7) is 0.0497. The fraction of sp³-hybridized carbons (Fsp3) is 0.565. The molecule has 3 N–H and O–H groups in total. The van der Waals surface area contributed by atoms with Crippen molar-refractivity contribution in [2.24, 2.45) is 17.6 Å². The van der Waals surface area contributed by atoms with E-state index < -0.39 is 29.6 Å². The SMILES string of the molecule is NC(=O)CCN(NC(=O)[C@@H](CC(=O)OCc1ccccc1)CC1CCCCC1)C(=O)CCl. The van der Waals surface area contributed by atoms with Crippen molar-refractivity contribution in [1.82, 2.24) is 10.4 Å². The van der Waals surface area contributed by atoms with Gasteiger partial charge in [0.05, 0.1) is 18.9 Å². The molecule has 0 spiro atoms. The monoisotopic (exact) mass is 465 g/mol. The predicted octanol–water partition coefficient (Wildman–Crippen LogP) is 2.68. The number of hydrazine groups is 1. The molecule has 1 fully saturated rings. The van der Waals surface area contributed by atoms with Crippen LogP contribution in [0.25, 0.3) is 0 Å². The summed E-state index contributed by atoms with van der Waals surface area (Å²) in [5, 5.41) is 1.00. The zero-order valence-corrected chi connectivity index (χ0v) is 19.0. The Morgan fingerprint density at radius 1 is 1.12 bits per heavy atom. The number of hydrogen-bond acceptors (Lipinski definition) is 5. The maximum Gasteiger partial charge on any atom is 0.306 e. The van der Waals surface area contributed by atoms with Crippen molar-refractivity contribution in [3.8, 4) is 0 Å². The molecular formula is C23H32ClN3O5. The average Bonchev–Trinajstić information content (AvgIpc) is 2.80. The topological polar surface area (TPSA) is 119 Å². The van der Waals surface area contributed by atoms with Gasteiger partial charge in [0.15, 0.2) is 0 Å². The number of alkyl halides is 1. The number of nitrogens with one attached hydrogen (secondary N) is 1. The Bertz CT molecular complexity index is 768. The molecule has 0 unspecified atom stereocenters. The van der Waals surface area contributed by atoms with E-state index in [0.717, 1.165) is 36.3 Å². The van der Waals surface area contributed by atoms with E-state index >= 15 is 0 Å². The lowest BCUT2D eigenvalue weighted by atomic mass is 9.81. The van der Waals surface area contributed by atoms with Gasteiger partial charge < -0.3 is 10.5 Å². The van der Waals surface area contributed by atoms with E-state index in [1.807, 2.05) is 30.3 Å². The number of primary amides is 1. The number of nitrogens with two attached hydrogens (primary N) is 1. The van der Waals surface area contributed by atoms with Crippen LogP contribution in [0.15, 0.2) is 30.3 Å². The van der Waals surface area contributed by atoms with Crippen LogP contribution in [0.1, 0.15) is 56.9 Å². The van der Waals surface area contributed by atoms with Gasteiger partial charge in [0.2, 0.25) is 11.8 Å². The molecule has 1 aromatic carbocycles. The summed E-state index contributed by atoms with van der Waals surface area (Å²) in [6.07, 6.45) is 5.73. The van der Waals surface area contributed by atoms with Crippen LogP contribution < -0.4 is 11.2 Å². The van der Waals surface area contributed by atoms with E-state index in [2.05, 4.69) is 5.43 Å². The first-order valence-corrected chi connectivity index (χ1v) is 11.6. The number of hydrogen-bond donors (Lipinski definition) is 2. The van der Waals surface area contributed by atoms with Gasteiger partial charge in [-0.3, -0.25) is 29.6 Å². The van der Waals surface area contributed by atoms with Crippen LogP contribution in [-0.4, -0.2) is 41.1 Å². The Morgan fingerprint density at radius 2 is 1.81 bits per heavy atom. The third kappa shape index (κ3) is 9.26. The summed E-state index contributed by atoms with van der Waals surface area (Å²) >= 11 is 5.63. The number of halogens is 1. The van der Waals surface area contributed by atoms with Gasteiger partial charge in [0.25, 0.3) is 5.91 Å². The number of rotatable bonds is 11. The van der Waals surface area contributed by atoms with Crippen molar-refractivity contribution >= 4 is 35.3 Å². The van der Waals surface area contributed by atoms with Crippen LogP contribution in [0.4, 0.5) is 0 Å². The molecule has 1 saturated carbocycles. The summed E-state index contributed by atoms with van der Waals surface area (Å²) in [5.74, 6) is -2.76. The molecule has 176 valence electrons. The van der Waals surface area contributed by atoms with Gasteiger partial charge in [-0.25, -0.2) is 0 Å². The van der Waals surface area contributed by atoms with Crippen molar-refractivity contribution in [3.63, 3.8) is 0 Å². The van der Waals surface area contributed by atoms with Crippen molar-refractivity contribution in [3.05, 3.63) is 35.9 Å². The lowest BCUT2D eigenvalue weighted by Crippen LogP contribution is -2.50. The number of benzene rings is 1. The standard InChI is InChI=1S/C23H32ClN3O5/c24-15-21(29)27(12-11-20(25)28)26-23(31)19(13-17-7-3-1-4-8-17)14-22(30)32-16-18-9-5-2-6-10-18/h2,5-6,9-10,17,19H,1,3-4,7-8,11-16H2,(H2,25,28)(H,26,31)/t19-/m1/s1. The second-order valence-corrected chi connectivity index (χ2v) is 8.43. The highest BCUT2D eigenvalue weighted by Gasteiger charge is 2.29. The molecule has 1 aliphatic rings. The smallest absolute Gasteiger partial charge is 0.306 e. The molecule has 3 amide bonds. The highest BCUT2D eigenvalue weighted by molar-refractivity contribution is 6.27. The molecule has 8 nitrogen and oxygen atoms in total. The Morgan fingerprint density at radius 3 is 2.44 bits per heavy atom. The lowest BCUT2D eigenvalue weighted by Gasteiger charge is -2.28. The Balaban J connectivity index is 2.02. The summed E-state index contributed by atoms with van der Waals surface area (Å²) < 4.78 is 5.37. The average molecular weight is 466 g/mol. The Kier molecular flexibility index (Phi) is 11.0. The summed E-state index contributed by atoms with van der Waals surface area (Å²) in [7, 11) is 0. The molecule has 32 heavy (non-hydrogen) atoms.